The second-order valence-electron chi connectivity index (χ2n) is 4.41. The molecule has 1 atom stereocenters. The minimum absolute atomic E-state index is 0.0187. The molecule has 20 heavy (non-hydrogen) atoms. The summed E-state index contributed by atoms with van der Waals surface area (Å²) in [7, 11) is 0. The minimum atomic E-state index is -0.337. The fourth-order valence-electron chi connectivity index (χ4n) is 2.06. The van der Waals surface area contributed by atoms with Gasteiger partial charge >= 0.3 is 5.97 Å². The Morgan fingerprint density at radius 2 is 2.35 bits per heavy atom. The quantitative estimate of drug-likeness (QED) is 0.618. The Labute approximate surface area is 127 Å². The van der Waals surface area contributed by atoms with Crippen LogP contribution in [0.15, 0.2) is 24.3 Å². The number of hydrogen-bond acceptors (Lipinski definition) is 5. The summed E-state index contributed by atoms with van der Waals surface area (Å²) in [6, 6.07) is 7.40. The predicted molar refractivity (Wildman–Crippen MR) is 83.0 cm³/mol. The molecule has 1 amide bonds. The van der Waals surface area contributed by atoms with Crippen LogP contribution in [0.4, 0.5) is 0 Å². The maximum atomic E-state index is 11.9. The lowest BCUT2D eigenvalue weighted by Gasteiger charge is -2.24. The highest BCUT2D eigenvalue weighted by Crippen LogP contribution is 2.39. The molecule has 1 aliphatic heterocycles. The van der Waals surface area contributed by atoms with Crippen LogP contribution in [0.3, 0.4) is 0 Å². The van der Waals surface area contributed by atoms with E-state index in [0.717, 1.165) is 17.9 Å². The molecule has 2 rings (SSSR count). The zero-order chi connectivity index (χ0) is 14.5. The number of rotatable bonds is 5. The Bertz CT molecular complexity index is 507. The second-order valence-corrected chi connectivity index (χ2v) is 6.46. The van der Waals surface area contributed by atoms with Crippen LogP contribution in [-0.2, 0) is 9.59 Å². The summed E-state index contributed by atoms with van der Waals surface area (Å²) in [5, 5.41) is 0.0187. The topological polar surface area (TPSA) is 46.6 Å². The zero-order valence-corrected chi connectivity index (χ0v) is 13.1. The van der Waals surface area contributed by atoms with Crippen LogP contribution in [0.2, 0.25) is 0 Å². The standard InChI is InChI=1S/C14H17NO3S2/c1-10(16)18-12-5-3-4-11(8-12)14-15(6-7-19-2)13(17)9-20-14/h3-5,8,14H,6-7,9H2,1-2H3. The first-order valence-corrected chi connectivity index (χ1v) is 8.74. The Hall–Kier alpha value is -1.14. The van der Waals surface area contributed by atoms with Gasteiger partial charge in [-0.25, -0.2) is 0 Å². The molecule has 1 unspecified atom stereocenters. The Morgan fingerprint density at radius 3 is 3.05 bits per heavy atom. The van der Waals surface area contributed by atoms with Crippen LogP contribution in [0.25, 0.3) is 0 Å². The van der Waals surface area contributed by atoms with E-state index in [1.54, 1.807) is 29.6 Å². The molecule has 0 spiro atoms. The first-order chi connectivity index (χ1) is 9.61. The number of nitrogens with zero attached hydrogens (tertiary/aromatic N) is 1. The normalized spacial score (nSPS) is 18.4. The molecule has 0 radical (unpaired) electrons. The smallest absolute Gasteiger partial charge is 0.308 e. The van der Waals surface area contributed by atoms with Crippen LogP contribution in [0, 0.1) is 0 Å². The SMILES string of the molecule is CSCCN1C(=O)CSC1c1cccc(OC(C)=O)c1. The van der Waals surface area contributed by atoms with Crippen LogP contribution < -0.4 is 4.74 Å². The molecule has 1 aliphatic rings. The molecule has 0 bridgehead atoms. The van der Waals surface area contributed by atoms with E-state index >= 15 is 0 Å². The molecule has 1 aromatic carbocycles. The van der Waals surface area contributed by atoms with Gasteiger partial charge in [-0.1, -0.05) is 12.1 Å². The average Bonchev–Trinajstić information content (AvgIpc) is 2.77. The van der Waals surface area contributed by atoms with E-state index in [0.29, 0.717) is 11.5 Å². The average molecular weight is 311 g/mol. The summed E-state index contributed by atoms with van der Waals surface area (Å²) in [6.45, 7) is 2.13. The fourth-order valence-corrected chi connectivity index (χ4v) is 3.65. The number of carbonyl (C=O) groups is 2. The number of esters is 1. The third-order valence-corrected chi connectivity index (χ3v) is 4.76. The van der Waals surface area contributed by atoms with Gasteiger partial charge in [0.05, 0.1) is 5.75 Å². The summed E-state index contributed by atoms with van der Waals surface area (Å²) in [5.41, 5.74) is 1.00. The van der Waals surface area contributed by atoms with Crippen LogP contribution in [-0.4, -0.2) is 41.1 Å². The van der Waals surface area contributed by atoms with E-state index in [1.807, 2.05) is 29.4 Å². The summed E-state index contributed by atoms with van der Waals surface area (Å²) >= 11 is 3.34. The summed E-state index contributed by atoms with van der Waals surface area (Å²) in [5.74, 6) is 1.80. The number of hydrogen-bond donors (Lipinski definition) is 0. The molecular formula is C14H17NO3S2. The van der Waals surface area contributed by atoms with E-state index < -0.39 is 0 Å². The van der Waals surface area contributed by atoms with Gasteiger partial charge in [0.25, 0.3) is 0 Å². The van der Waals surface area contributed by atoms with Gasteiger partial charge in [-0.15, -0.1) is 11.8 Å². The van der Waals surface area contributed by atoms with E-state index in [9.17, 15) is 9.59 Å². The van der Waals surface area contributed by atoms with Gasteiger partial charge in [0.2, 0.25) is 5.91 Å². The highest BCUT2D eigenvalue weighted by Gasteiger charge is 2.32. The molecule has 1 fully saturated rings. The molecule has 0 N–H and O–H groups in total. The van der Waals surface area contributed by atoms with Gasteiger partial charge in [-0.3, -0.25) is 9.59 Å². The number of ether oxygens (including phenoxy) is 1. The van der Waals surface area contributed by atoms with Crippen molar-refractivity contribution < 1.29 is 14.3 Å². The third-order valence-electron chi connectivity index (χ3n) is 2.91. The van der Waals surface area contributed by atoms with Crippen LogP contribution in [0.1, 0.15) is 17.9 Å². The number of carbonyl (C=O) groups excluding carboxylic acids is 2. The molecule has 0 aliphatic carbocycles. The number of thioether (sulfide) groups is 2. The molecule has 1 aromatic rings. The van der Waals surface area contributed by atoms with Crippen molar-refractivity contribution in [3.05, 3.63) is 29.8 Å². The van der Waals surface area contributed by atoms with Crippen LogP contribution >= 0.6 is 23.5 Å². The Balaban J connectivity index is 2.16. The van der Waals surface area contributed by atoms with E-state index in [4.69, 9.17) is 4.74 Å². The maximum absolute atomic E-state index is 11.9. The van der Waals surface area contributed by atoms with Gasteiger partial charge in [0.15, 0.2) is 0 Å². The number of benzene rings is 1. The van der Waals surface area contributed by atoms with Crippen LogP contribution in [0.5, 0.6) is 5.75 Å². The molecule has 0 saturated carbocycles. The van der Waals surface area contributed by atoms with Crippen molar-refractivity contribution >= 4 is 35.4 Å². The van der Waals surface area contributed by atoms with Crippen molar-refractivity contribution in [2.24, 2.45) is 0 Å². The lowest BCUT2D eigenvalue weighted by molar-refractivity contribution is -0.132. The van der Waals surface area contributed by atoms with Crippen molar-refractivity contribution in [2.75, 3.05) is 24.3 Å². The lowest BCUT2D eigenvalue weighted by atomic mass is 10.2. The first-order valence-electron chi connectivity index (χ1n) is 6.30. The monoisotopic (exact) mass is 311 g/mol. The van der Waals surface area contributed by atoms with Crippen molar-refractivity contribution in [3.8, 4) is 5.75 Å². The highest BCUT2D eigenvalue weighted by molar-refractivity contribution is 8.00. The highest BCUT2D eigenvalue weighted by atomic mass is 32.2. The molecule has 6 heteroatoms. The first kappa shape index (κ1) is 15.3. The molecular weight excluding hydrogens is 294 g/mol. The van der Waals surface area contributed by atoms with Crippen molar-refractivity contribution in [3.63, 3.8) is 0 Å². The van der Waals surface area contributed by atoms with Gasteiger partial charge in [0, 0.05) is 19.2 Å². The van der Waals surface area contributed by atoms with E-state index in [1.165, 1.54) is 6.92 Å². The maximum Gasteiger partial charge on any atom is 0.308 e. The summed E-state index contributed by atoms with van der Waals surface area (Å²) in [6.07, 6.45) is 2.03. The van der Waals surface area contributed by atoms with E-state index in [-0.39, 0.29) is 17.3 Å². The predicted octanol–water partition coefficient (Wildman–Crippen LogP) is 2.55. The lowest BCUT2D eigenvalue weighted by Crippen LogP contribution is -2.30. The molecule has 1 saturated heterocycles. The Morgan fingerprint density at radius 1 is 1.55 bits per heavy atom. The van der Waals surface area contributed by atoms with Crippen molar-refractivity contribution in [2.45, 2.75) is 12.3 Å². The van der Waals surface area contributed by atoms with Gasteiger partial charge < -0.3 is 9.64 Å². The molecule has 0 aromatic heterocycles. The van der Waals surface area contributed by atoms with Crippen molar-refractivity contribution in [1.82, 2.24) is 4.90 Å². The van der Waals surface area contributed by atoms with Gasteiger partial charge in [-0.2, -0.15) is 11.8 Å². The molecule has 1 heterocycles. The third kappa shape index (κ3) is 3.70. The van der Waals surface area contributed by atoms with Crippen molar-refractivity contribution in [1.29, 1.82) is 0 Å². The largest absolute Gasteiger partial charge is 0.427 e. The van der Waals surface area contributed by atoms with Gasteiger partial charge in [0.1, 0.15) is 11.1 Å². The fraction of sp³-hybridized carbons (Fsp3) is 0.429. The summed E-state index contributed by atoms with van der Waals surface area (Å²) < 4.78 is 5.10. The zero-order valence-electron chi connectivity index (χ0n) is 11.5. The summed E-state index contributed by atoms with van der Waals surface area (Å²) in [4.78, 5) is 24.8. The van der Waals surface area contributed by atoms with Gasteiger partial charge in [-0.05, 0) is 24.0 Å². The second kappa shape index (κ2) is 7.04. The minimum Gasteiger partial charge on any atom is -0.427 e. The molecule has 4 nitrogen and oxygen atoms in total. The van der Waals surface area contributed by atoms with E-state index in [2.05, 4.69) is 0 Å². The number of amides is 1. The molecule has 108 valence electrons. The Kier molecular flexibility index (Phi) is 5.37.